The standard InChI is InChI=1S/C17H19N5O3/c1-11-18-17(25-20-11)12-6-7-21(8-12)10-16(24)22-9-15(23)19-13-4-2-3-5-14(13)22/h2-5,12H,6-10H2,1H3,(H,19,23)/t12-/m0/s1. The molecule has 2 aliphatic heterocycles. The summed E-state index contributed by atoms with van der Waals surface area (Å²) in [6, 6.07) is 7.35. The summed E-state index contributed by atoms with van der Waals surface area (Å²) in [6.45, 7) is 3.61. The highest BCUT2D eigenvalue weighted by Gasteiger charge is 2.32. The van der Waals surface area contributed by atoms with Crippen molar-refractivity contribution >= 4 is 23.2 Å². The van der Waals surface area contributed by atoms with E-state index >= 15 is 0 Å². The molecule has 1 saturated heterocycles. The molecule has 0 unspecified atom stereocenters. The summed E-state index contributed by atoms with van der Waals surface area (Å²) in [4.78, 5) is 32.5. The molecule has 1 N–H and O–H groups in total. The van der Waals surface area contributed by atoms with Gasteiger partial charge in [0, 0.05) is 6.54 Å². The maximum Gasteiger partial charge on any atom is 0.244 e. The lowest BCUT2D eigenvalue weighted by Gasteiger charge is -2.30. The SMILES string of the molecule is Cc1noc([C@H]2CCN(CC(=O)N3CC(=O)Nc4ccccc43)C2)n1. The number of carbonyl (C=O) groups is 2. The van der Waals surface area contributed by atoms with Gasteiger partial charge >= 0.3 is 0 Å². The zero-order valence-corrected chi connectivity index (χ0v) is 13.9. The van der Waals surface area contributed by atoms with Gasteiger partial charge in [0.15, 0.2) is 5.82 Å². The molecule has 1 fully saturated rings. The lowest BCUT2D eigenvalue weighted by atomic mass is 10.1. The van der Waals surface area contributed by atoms with E-state index in [0.29, 0.717) is 23.9 Å². The number of likely N-dealkylation sites (tertiary alicyclic amines) is 1. The summed E-state index contributed by atoms with van der Waals surface area (Å²) < 4.78 is 5.24. The van der Waals surface area contributed by atoms with Crippen LogP contribution >= 0.6 is 0 Å². The minimum Gasteiger partial charge on any atom is -0.339 e. The first-order valence-electron chi connectivity index (χ1n) is 8.32. The van der Waals surface area contributed by atoms with E-state index in [1.165, 1.54) is 0 Å². The molecule has 1 atom stereocenters. The highest BCUT2D eigenvalue weighted by Crippen LogP contribution is 2.30. The first kappa shape index (κ1) is 15.8. The Bertz CT molecular complexity index is 818. The third-order valence-corrected chi connectivity index (χ3v) is 4.60. The van der Waals surface area contributed by atoms with Crippen molar-refractivity contribution in [2.45, 2.75) is 19.3 Å². The summed E-state index contributed by atoms with van der Waals surface area (Å²) in [5, 5.41) is 6.62. The van der Waals surface area contributed by atoms with Crippen molar-refractivity contribution in [3.63, 3.8) is 0 Å². The van der Waals surface area contributed by atoms with Crippen molar-refractivity contribution in [3.8, 4) is 0 Å². The van der Waals surface area contributed by atoms with Crippen LogP contribution in [0.3, 0.4) is 0 Å². The van der Waals surface area contributed by atoms with Crippen LogP contribution in [-0.4, -0.2) is 53.0 Å². The van der Waals surface area contributed by atoms with Crippen LogP contribution in [0, 0.1) is 6.92 Å². The molecule has 0 spiro atoms. The Labute approximate surface area is 144 Å². The van der Waals surface area contributed by atoms with E-state index in [2.05, 4.69) is 20.4 Å². The van der Waals surface area contributed by atoms with Gasteiger partial charge in [-0.15, -0.1) is 0 Å². The number of fused-ring (bicyclic) bond motifs is 1. The summed E-state index contributed by atoms with van der Waals surface area (Å²) >= 11 is 0. The Balaban J connectivity index is 1.44. The fourth-order valence-electron chi connectivity index (χ4n) is 3.39. The topological polar surface area (TPSA) is 91.6 Å². The molecule has 8 nitrogen and oxygen atoms in total. The van der Waals surface area contributed by atoms with Gasteiger partial charge in [-0.3, -0.25) is 19.4 Å². The van der Waals surface area contributed by atoms with Gasteiger partial charge in [-0.2, -0.15) is 4.98 Å². The number of benzene rings is 1. The fraction of sp³-hybridized carbons (Fsp3) is 0.412. The number of hydrogen-bond donors (Lipinski definition) is 1. The molecule has 2 aliphatic rings. The number of rotatable bonds is 3. The predicted octanol–water partition coefficient (Wildman–Crippen LogP) is 1.15. The van der Waals surface area contributed by atoms with E-state index in [-0.39, 0.29) is 30.8 Å². The molecule has 0 radical (unpaired) electrons. The molecule has 25 heavy (non-hydrogen) atoms. The molecule has 130 valence electrons. The maximum absolute atomic E-state index is 12.8. The molecule has 0 saturated carbocycles. The van der Waals surface area contributed by atoms with E-state index in [4.69, 9.17) is 4.52 Å². The van der Waals surface area contributed by atoms with Gasteiger partial charge in [0.25, 0.3) is 0 Å². The quantitative estimate of drug-likeness (QED) is 0.900. The van der Waals surface area contributed by atoms with Crippen molar-refractivity contribution in [1.29, 1.82) is 0 Å². The van der Waals surface area contributed by atoms with Crippen molar-refractivity contribution in [2.75, 3.05) is 36.4 Å². The van der Waals surface area contributed by atoms with Gasteiger partial charge in [-0.05, 0) is 32.0 Å². The number of nitrogens with one attached hydrogen (secondary N) is 1. The van der Waals surface area contributed by atoms with E-state index in [9.17, 15) is 9.59 Å². The Morgan fingerprint density at radius 2 is 2.24 bits per heavy atom. The van der Waals surface area contributed by atoms with Gasteiger partial charge in [0.2, 0.25) is 17.7 Å². The molecule has 2 amide bonds. The normalized spacial score (nSPS) is 20.4. The van der Waals surface area contributed by atoms with Crippen molar-refractivity contribution in [1.82, 2.24) is 15.0 Å². The van der Waals surface area contributed by atoms with Crippen LogP contribution < -0.4 is 10.2 Å². The summed E-state index contributed by atoms with van der Waals surface area (Å²) in [5.41, 5.74) is 1.42. The number of aryl methyl sites for hydroxylation is 1. The molecule has 2 aromatic rings. The number of hydrogen-bond acceptors (Lipinski definition) is 6. The second-order valence-corrected chi connectivity index (χ2v) is 6.45. The molecule has 1 aromatic carbocycles. The summed E-state index contributed by atoms with van der Waals surface area (Å²) in [6.07, 6.45) is 0.881. The minimum atomic E-state index is -0.173. The molecule has 3 heterocycles. The van der Waals surface area contributed by atoms with Gasteiger partial charge in [-0.1, -0.05) is 17.3 Å². The summed E-state index contributed by atoms with van der Waals surface area (Å²) in [5.74, 6) is 1.17. The molecule has 8 heteroatoms. The Kier molecular flexibility index (Phi) is 3.96. The highest BCUT2D eigenvalue weighted by atomic mass is 16.5. The van der Waals surface area contributed by atoms with Crippen LogP contribution in [0.5, 0.6) is 0 Å². The number of anilines is 2. The number of amides is 2. The third kappa shape index (κ3) is 3.12. The molecule has 1 aromatic heterocycles. The Morgan fingerprint density at radius 3 is 3.04 bits per heavy atom. The average Bonchev–Trinajstić information content (AvgIpc) is 3.23. The van der Waals surface area contributed by atoms with Crippen molar-refractivity contribution in [3.05, 3.63) is 36.0 Å². The van der Waals surface area contributed by atoms with E-state index < -0.39 is 0 Å². The van der Waals surface area contributed by atoms with Crippen LogP contribution in [0.25, 0.3) is 0 Å². The van der Waals surface area contributed by atoms with Crippen molar-refractivity contribution in [2.24, 2.45) is 0 Å². The fourth-order valence-corrected chi connectivity index (χ4v) is 3.39. The smallest absolute Gasteiger partial charge is 0.244 e. The van der Waals surface area contributed by atoms with Gasteiger partial charge < -0.3 is 9.84 Å². The first-order valence-corrected chi connectivity index (χ1v) is 8.32. The minimum absolute atomic E-state index is 0.0516. The maximum atomic E-state index is 12.8. The largest absolute Gasteiger partial charge is 0.339 e. The summed E-state index contributed by atoms with van der Waals surface area (Å²) in [7, 11) is 0. The van der Waals surface area contributed by atoms with Gasteiger partial charge in [-0.25, -0.2) is 0 Å². The number of aromatic nitrogens is 2. The average molecular weight is 341 g/mol. The second-order valence-electron chi connectivity index (χ2n) is 6.45. The molecule has 0 bridgehead atoms. The Hall–Kier alpha value is -2.74. The van der Waals surface area contributed by atoms with Crippen molar-refractivity contribution < 1.29 is 14.1 Å². The number of nitrogens with zero attached hydrogens (tertiary/aromatic N) is 4. The van der Waals surface area contributed by atoms with E-state index in [1.54, 1.807) is 17.9 Å². The second kappa shape index (κ2) is 6.29. The van der Waals surface area contributed by atoms with E-state index in [1.807, 2.05) is 18.2 Å². The highest BCUT2D eigenvalue weighted by molar-refractivity contribution is 6.10. The van der Waals surface area contributed by atoms with E-state index in [0.717, 1.165) is 18.7 Å². The lowest BCUT2D eigenvalue weighted by Crippen LogP contribution is -2.46. The molecular weight excluding hydrogens is 322 g/mol. The van der Waals surface area contributed by atoms with Crippen LogP contribution in [0.2, 0.25) is 0 Å². The monoisotopic (exact) mass is 341 g/mol. The zero-order valence-electron chi connectivity index (χ0n) is 13.9. The lowest BCUT2D eigenvalue weighted by molar-refractivity contribution is -0.122. The molecule has 0 aliphatic carbocycles. The number of carbonyl (C=O) groups excluding carboxylic acids is 2. The van der Waals surface area contributed by atoms with Crippen LogP contribution in [0.1, 0.15) is 24.1 Å². The van der Waals surface area contributed by atoms with Gasteiger partial charge in [0.1, 0.15) is 6.54 Å². The molecule has 4 rings (SSSR count). The third-order valence-electron chi connectivity index (χ3n) is 4.60. The first-order chi connectivity index (χ1) is 12.1. The molecular formula is C17H19N5O3. The Morgan fingerprint density at radius 1 is 1.40 bits per heavy atom. The van der Waals surface area contributed by atoms with Gasteiger partial charge in [0.05, 0.1) is 23.8 Å². The van der Waals surface area contributed by atoms with Crippen LogP contribution in [0.4, 0.5) is 11.4 Å². The van der Waals surface area contributed by atoms with Crippen LogP contribution in [0.15, 0.2) is 28.8 Å². The zero-order chi connectivity index (χ0) is 17.4. The predicted molar refractivity (Wildman–Crippen MR) is 90.3 cm³/mol. The van der Waals surface area contributed by atoms with Crippen LogP contribution in [-0.2, 0) is 9.59 Å². The number of para-hydroxylation sites is 2.